The molecule has 13 heteroatoms. The molecule has 5 nitrogen and oxygen atoms in total. The van der Waals surface area contributed by atoms with Crippen LogP contribution in [0, 0.1) is 23.3 Å². The van der Waals surface area contributed by atoms with Crippen LogP contribution < -0.4 is 4.74 Å². The van der Waals surface area contributed by atoms with Crippen molar-refractivity contribution in [2.45, 2.75) is 37.7 Å². The molecule has 4 aliphatic rings. The molecule has 4 aromatic heterocycles. The molecule has 6 aromatic rings. The Kier molecular flexibility index (Phi) is 6.57. The average Bonchev–Trinajstić information content (AvgIpc) is 3.92. The number of carbonyl (C=O) groups is 4. The Bertz CT molecular complexity index is 2650. The molecule has 1 aliphatic heterocycles. The van der Waals surface area contributed by atoms with Crippen LogP contribution in [0.4, 0.5) is 17.6 Å². The standard InChI is InChI=1S/C38H18F4O5S4/c39-22-10-16-17(11-23(22)40)30(44)20(29(16)43)6-14-8-26-34(48-14)28-36(50-26)37-33(47-38(28)4-2-1-3-5-38)35-27(51-37)9-15(49-35)7-21-31(45)18-12-24(41)25(42)13-19(18)32(21)46/h6-13H,1-5H2. The molecule has 2 aromatic carbocycles. The SMILES string of the molecule is O=C1C(=Cc2cc3sc4c(c3s2)OC2(CCCCC2)c2c-4sc3cc(C=C4C(=O)c5cc(F)c(F)cc5C4=O)sc23)C(=O)c2cc(F)c(F)cc21. The van der Waals surface area contributed by atoms with Gasteiger partial charge in [-0.15, -0.1) is 45.3 Å². The molecule has 51 heavy (non-hydrogen) atoms. The highest BCUT2D eigenvalue weighted by molar-refractivity contribution is 7.35. The number of ether oxygens (including phenoxy) is 1. The molecule has 3 aliphatic carbocycles. The summed E-state index contributed by atoms with van der Waals surface area (Å²) in [5, 5.41) is 0. The van der Waals surface area contributed by atoms with Gasteiger partial charge in [-0.1, -0.05) is 6.42 Å². The number of halogens is 4. The molecular weight excluding hydrogens is 741 g/mol. The monoisotopic (exact) mass is 758 g/mol. The zero-order valence-corrected chi connectivity index (χ0v) is 29.1. The molecule has 0 saturated heterocycles. The van der Waals surface area contributed by atoms with Crippen molar-refractivity contribution in [3.63, 3.8) is 0 Å². The highest BCUT2D eigenvalue weighted by Crippen LogP contribution is 2.62. The number of rotatable bonds is 2. The predicted octanol–water partition coefficient (Wildman–Crippen LogP) is 10.9. The van der Waals surface area contributed by atoms with Gasteiger partial charge in [0.1, 0.15) is 5.60 Å². The average molecular weight is 759 g/mol. The Morgan fingerprint density at radius 3 is 1.47 bits per heavy atom. The quantitative estimate of drug-likeness (QED) is 0.0998. The summed E-state index contributed by atoms with van der Waals surface area (Å²) in [5.74, 6) is -6.53. The number of hydrogen-bond acceptors (Lipinski definition) is 9. The molecule has 1 fully saturated rings. The Labute approximate surface area is 301 Å². The molecule has 0 amide bonds. The largest absolute Gasteiger partial charge is 0.479 e. The molecule has 5 heterocycles. The first-order chi connectivity index (χ1) is 24.5. The second kappa shape index (κ2) is 10.7. The Morgan fingerprint density at radius 2 is 0.980 bits per heavy atom. The molecule has 0 atom stereocenters. The minimum absolute atomic E-state index is 0.128. The van der Waals surface area contributed by atoms with Gasteiger partial charge in [0.2, 0.25) is 0 Å². The van der Waals surface area contributed by atoms with Crippen LogP contribution in [-0.2, 0) is 5.60 Å². The summed E-state index contributed by atoms with van der Waals surface area (Å²) in [7, 11) is 0. The second-order valence-electron chi connectivity index (χ2n) is 13.0. The maximum absolute atomic E-state index is 13.9. The number of allylic oxidation sites excluding steroid dienone is 2. The maximum atomic E-state index is 13.9. The number of ketones is 4. The summed E-state index contributed by atoms with van der Waals surface area (Å²) in [4.78, 5) is 55.6. The molecular formula is C38H18F4O5S4. The maximum Gasteiger partial charge on any atom is 0.197 e. The lowest BCUT2D eigenvalue weighted by atomic mass is 9.78. The first kappa shape index (κ1) is 31.2. The van der Waals surface area contributed by atoms with E-state index in [0.29, 0.717) is 9.75 Å². The molecule has 1 spiro atoms. The summed E-state index contributed by atoms with van der Waals surface area (Å²) >= 11 is 6.00. The Hall–Kier alpha value is -4.56. The van der Waals surface area contributed by atoms with E-state index in [2.05, 4.69) is 0 Å². The fraction of sp³-hybridized carbons (Fsp3) is 0.158. The topological polar surface area (TPSA) is 77.5 Å². The van der Waals surface area contributed by atoms with Crippen LogP contribution in [0.15, 0.2) is 47.5 Å². The van der Waals surface area contributed by atoms with Crippen molar-refractivity contribution in [3.8, 4) is 15.5 Å². The first-order valence-corrected chi connectivity index (χ1v) is 19.2. The zero-order valence-electron chi connectivity index (χ0n) is 25.8. The highest BCUT2D eigenvalue weighted by atomic mass is 32.1. The molecule has 0 unspecified atom stereocenters. The van der Waals surface area contributed by atoms with Gasteiger partial charge in [-0.3, -0.25) is 19.2 Å². The number of Topliss-reactive ketones (excluding diaryl/α,β-unsaturated/α-hetero) is 4. The molecule has 0 N–H and O–H groups in total. The van der Waals surface area contributed by atoms with Crippen LogP contribution in [0.25, 0.3) is 40.7 Å². The highest BCUT2D eigenvalue weighted by Gasteiger charge is 2.47. The van der Waals surface area contributed by atoms with Crippen molar-refractivity contribution < 1.29 is 41.5 Å². The third-order valence-electron chi connectivity index (χ3n) is 10.00. The summed E-state index contributed by atoms with van der Waals surface area (Å²) in [6, 6.07) is 6.92. The molecule has 10 rings (SSSR count). The number of carbonyl (C=O) groups excluding carboxylic acids is 4. The van der Waals surface area contributed by atoms with Crippen molar-refractivity contribution in [1.82, 2.24) is 0 Å². The van der Waals surface area contributed by atoms with Gasteiger partial charge in [0.15, 0.2) is 52.2 Å². The first-order valence-electron chi connectivity index (χ1n) is 15.9. The van der Waals surface area contributed by atoms with E-state index >= 15 is 0 Å². The number of fused-ring (bicyclic) bond motifs is 10. The summed E-state index contributed by atoms with van der Waals surface area (Å²) in [5.41, 5.74) is -0.362. The smallest absolute Gasteiger partial charge is 0.197 e. The third-order valence-corrected chi connectivity index (χ3v) is 14.9. The minimum atomic E-state index is -1.19. The van der Waals surface area contributed by atoms with Gasteiger partial charge in [0.25, 0.3) is 0 Å². The van der Waals surface area contributed by atoms with Gasteiger partial charge >= 0.3 is 0 Å². The molecule has 0 bridgehead atoms. The van der Waals surface area contributed by atoms with Crippen LogP contribution in [0.5, 0.6) is 5.75 Å². The third kappa shape index (κ3) is 4.35. The van der Waals surface area contributed by atoms with Crippen molar-refractivity contribution in [3.05, 3.63) is 108 Å². The van der Waals surface area contributed by atoms with Crippen molar-refractivity contribution >= 4 is 99.4 Å². The van der Waals surface area contributed by atoms with E-state index in [4.69, 9.17) is 4.74 Å². The lowest BCUT2D eigenvalue weighted by molar-refractivity contribution is 0.0282. The van der Waals surface area contributed by atoms with Crippen LogP contribution in [0.2, 0.25) is 0 Å². The van der Waals surface area contributed by atoms with Gasteiger partial charge in [-0.05, 0) is 74.2 Å². The van der Waals surface area contributed by atoms with Gasteiger partial charge in [-0.2, -0.15) is 0 Å². The number of hydrogen-bond donors (Lipinski definition) is 0. The zero-order chi connectivity index (χ0) is 35.1. The molecule has 252 valence electrons. The lowest BCUT2D eigenvalue weighted by Crippen LogP contribution is -2.37. The number of benzene rings is 2. The van der Waals surface area contributed by atoms with Crippen molar-refractivity contribution in [2.75, 3.05) is 0 Å². The van der Waals surface area contributed by atoms with Crippen molar-refractivity contribution in [1.29, 1.82) is 0 Å². The Morgan fingerprint density at radius 1 is 0.549 bits per heavy atom. The summed E-state index contributed by atoms with van der Waals surface area (Å²) in [6.07, 6.45) is 7.57. The van der Waals surface area contributed by atoms with E-state index in [1.165, 1.54) is 34.8 Å². The summed E-state index contributed by atoms with van der Waals surface area (Å²) < 4.78 is 66.4. The fourth-order valence-corrected chi connectivity index (χ4v) is 13.0. The molecule has 1 saturated carbocycles. The number of thiophene rings is 4. The Balaban J connectivity index is 1.05. The fourth-order valence-electron chi connectivity index (χ4n) is 7.65. The lowest BCUT2D eigenvalue weighted by Gasteiger charge is -2.40. The van der Waals surface area contributed by atoms with E-state index < -0.39 is 52.0 Å². The van der Waals surface area contributed by atoms with Crippen LogP contribution in [-0.4, -0.2) is 23.1 Å². The van der Waals surface area contributed by atoms with Gasteiger partial charge in [-0.25, -0.2) is 17.6 Å². The van der Waals surface area contributed by atoms with E-state index in [0.717, 1.165) is 96.2 Å². The van der Waals surface area contributed by atoms with Crippen LogP contribution in [0.3, 0.4) is 0 Å². The van der Waals surface area contributed by atoms with Crippen molar-refractivity contribution in [2.24, 2.45) is 0 Å². The minimum Gasteiger partial charge on any atom is -0.479 e. The summed E-state index contributed by atoms with van der Waals surface area (Å²) in [6.45, 7) is 0. The van der Waals surface area contributed by atoms with Gasteiger partial charge in [0, 0.05) is 42.3 Å². The normalized spacial score (nSPS) is 17.4. The van der Waals surface area contributed by atoms with Gasteiger partial charge in [0.05, 0.1) is 35.0 Å². The van der Waals surface area contributed by atoms with E-state index in [1.807, 2.05) is 12.1 Å². The van der Waals surface area contributed by atoms with Gasteiger partial charge < -0.3 is 4.74 Å². The van der Waals surface area contributed by atoms with E-state index in [-0.39, 0.29) is 33.4 Å². The van der Waals surface area contributed by atoms with E-state index in [9.17, 15) is 36.7 Å². The predicted molar refractivity (Wildman–Crippen MR) is 190 cm³/mol. The molecule has 0 radical (unpaired) electrons. The van der Waals surface area contributed by atoms with Crippen LogP contribution in [0.1, 0.15) is 88.9 Å². The second-order valence-corrected chi connectivity index (χ2v) is 17.2. The van der Waals surface area contributed by atoms with Crippen LogP contribution >= 0.6 is 45.3 Å². The van der Waals surface area contributed by atoms with E-state index in [1.54, 1.807) is 22.7 Å².